The molecule has 0 radical (unpaired) electrons. The van der Waals surface area contributed by atoms with Crippen LogP contribution >= 0.6 is 0 Å². The predicted molar refractivity (Wildman–Crippen MR) is 109 cm³/mol. The number of nitrogens with two attached hydrogens (primary N) is 1. The number of urea groups is 1. The van der Waals surface area contributed by atoms with E-state index in [9.17, 15) is 22.8 Å². The summed E-state index contributed by atoms with van der Waals surface area (Å²) in [5.74, 6) is -0.733. The second-order valence-corrected chi connectivity index (χ2v) is 7.22. The van der Waals surface area contributed by atoms with Gasteiger partial charge in [0, 0.05) is 11.3 Å². The molecule has 7 nitrogen and oxygen atoms in total. The fourth-order valence-corrected chi connectivity index (χ4v) is 3.55. The number of benzene rings is 2. The molecule has 0 aliphatic carbocycles. The topological polar surface area (TPSA) is 105 Å². The van der Waals surface area contributed by atoms with Crippen LogP contribution in [0.15, 0.2) is 48.5 Å². The molecular weight excluding hydrogens is 413 g/mol. The minimum Gasteiger partial charge on any atom is -0.406 e. The molecule has 1 unspecified atom stereocenters. The van der Waals surface area contributed by atoms with Crippen molar-refractivity contribution in [2.45, 2.75) is 25.2 Å². The van der Waals surface area contributed by atoms with E-state index in [1.54, 1.807) is 24.3 Å². The van der Waals surface area contributed by atoms with Gasteiger partial charge in [0.2, 0.25) is 5.91 Å². The molecule has 1 fully saturated rings. The number of hydrogen-bond donors (Lipinski definition) is 4. The van der Waals surface area contributed by atoms with Gasteiger partial charge >= 0.3 is 12.4 Å². The first kappa shape index (κ1) is 22.4. The van der Waals surface area contributed by atoms with Crippen LogP contribution in [0.1, 0.15) is 34.8 Å². The van der Waals surface area contributed by atoms with Crippen molar-refractivity contribution in [2.75, 3.05) is 18.4 Å². The van der Waals surface area contributed by atoms with Gasteiger partial charge in [0.15, 0.2) is 0 Å². The van der Waals surface area contributed by atoms with Crippen molar-refractivity contribution in [3.63, 3.8) is 0 Å². The summed E-state index contributed by atoms with van der Waals surface area (Å²) >= 11 is 0. The lowest BCUT2D eigenvalue weighted by Gasteiger charge is -2.32. The largest absolute Gasteiger partial charge is 0.573 e. The fourth-order valence-electron chi connectivity index (χ4n) is 3.55. The SMILES string of the molecule is NC(=O)c1ccc(C(NC(=O)Nc2ccc(OC(F)(F)F)cc2)C2CCNCC2)cc1. The van der Waals surface area contributed by atoms with Crippen molar-refractivity contribution in [2.24, 2.45) is 11.7 Å². The standard InChI is InChI=1S/C21H23F3N4O3/c22-21(23,24)31-17-7-5-16(6-8-17)27-20(30)28-18(14-9-11-26-12-10-14)13-1-3-15(4-2-13)19(25)29/h1-8,14,18,26H,9-12H2,(H2,25,29)(H2,27,28,30). The monoisotopic (exact) mass is 436 g/mol. The molecule has 1 atom stereocenters. The highest BCUT2D eigenvalue weighted by Gasteiger charge is 2.31. The Balaban J connectivity index is 1.70. The number of anilines is 1. The lowest BCUT2D eigenvalue weighted by molar-refractivity contribution is -0.274. The molecule has 0 spiro atoms. The summed E-state index contributed by atoms with van der Waals surface area (Å²) < 4.78 is 40.6. The minimum absolute atomic E-state index is 0.175. The average molecular weight is 436 g/mol. The maximum absolute atomic E-state index is 12.6. The van der Waals surface area contributed by atoms with Crippen LogP contribution < -0.4 is 26.4 Å². The highest BCUT2D eigenvalue weighted by Crippen LogP contribution is 2.29. The molecule has 0 saturated carbocycles. The number of ether oxygens (including phenoxy) is 1. The zero-order valence-corrected chi connectivity index (χ0v) is 16.5. The molecule has 3 rings (SSSR count). The van der Waals surface area contributed by atoms with Crippen LogP contribution in [0.4, 0.5) is 23.7 Å². The van der Waals surface area contributed by atoms with Crippen molar-refractivity contribution >= 4 is 17.6 Å². The van der Waals surface area contributed by atoms with Crippen LogP contribution in [0.3, 0.4) is 0 Å². The van der Waals surface area contributed by atoms with Gasteiger partial charge in [-0.25, -0.2) is 4.79 Å². The van der Waals surface area contributed by atoms with Crippen LogP contribution in [0.25, 0.3) is 0 Å². The Morgan fingerprint density at radius 1 is 1.03 bits per heavy atom. The van der Waals surface area contributed by atoms with Crippen molar-refractivity contribution < 1.29 is 27.5 Å². The molecule has 2 aromatic carbocycles. The Labute approximate surface area is 177 Å². The van der Waals surface area contributed by atoms with Crippen molar-refractivity contribution in [1.29, 1.82) is 0 Å². The van der Waals surface area contributed by atoms with E-state index in [0.29, 0.717) is 11.3 Å². The number of nitrogens with one attached hydrogen (secondary N) is 3. The van der Waals surface area contributed by atoms with Gasteiger partial charge in [0.05, 0.1) is 6.04 Å². The van der Waals surface area contributed by atoms with Gasteiger partial charge < -0.3 is 26.4 Å². The maximum Gasteiger partial charge on any atom is 0.573 e. The molecule has 2 aromatic rings. The predicted octanol–water partition coefficient (Wildman–Crippen LogP) is 3.55. The van der Waals surface area contributed by atoms with Crippen LogP contribution in [-0.4, -0.2) is 31.4 Å². The van der Waals surface area contributed by atoms with Crippen LogP contribution in [-0.2, 0) is 0 Å². The third-order valence-corrected chi connectivity index (χ3v) is 5.04. The van der Waals surface area contributed by atoms with E-state index >= 15 is 0 Å². The van der Waals surface area contributed by atoms with E-state index in [1.165, 1.54) is 12.1 Å². The number of rotatable bonds is 6. The third kappa shape index (κ3) is 6.61. The Kier molecular flexibility index (Phi) is 7.01. The summed E-state index contributed by atoms with van der Waals surface area (Å²) in [7, 11) is 0. The number of hydrogen-bond acceptors (Lipinski definition) is 4. The molecule has 0 bridgehead atoms. The van der Waals surface area contributed by atoms with Gasteiger partial charge in [-0.15, -0.1) is 13.2 Å². The Morgan fingerprint density at radius 2 is 1.65 bits per heavy atom. The lowest BCUT2D eigenvalue weighted by atomic mass is 9.85. The van der Waals surface area contributed by atoms with E-state index in [1.807, 2.05) is 0 Å². The summed E-state index contributed by atoms with van der Waals surface area (Å²) in [6.07, 6.45) is -3.07. The number of carbonyl (C=O) groups is 2. The molecule has 0 aromatic heterocycles. The van der Waals surface area contributed by atoms with Gasteiger partial charge in [-0.05, 0) is 73.8 Å². The van der Waals surface area contributed by atoms with Crippen LogP contribution in [0.2, 0.25) is 0 Å². The fraction of sp³-hybridized carbons (Fsp3) is 0.333. The quantitative estimate of drug-likeness (QED) is 0.556. The molecule has 166 valence electrons. The van der Waals surface area contributed by atoms with Crippen molar-refractivity contribution in [3.8, 4) is 5.75 Å². The van der Waals surface area contributed by atoms with Crippen molar-refractivity contribution in [3.05, 3.63) is 59.7 Å². The lowest BCUT2D eigenvalue weighted by Crippen LogP contribution is -2.40. The molecule has 1 heterocycles. The normalized spacial score (nSPS) is 15.7. The van der Waals surface area contributed by atoms with Gasteiger partial charge in [0.25, 0.3) is 0 Å². The highest BCUT2D eigenvalue weighted by atomic mass is 19.4. The first-order valence-corrected chi connectivity index (χ1v) is 9.75. The van der Waals surface area contributed by atoms with E-state index in [-0.39, 0.29) is 17.7 Å². The summed E-state index contributed by atoms with van der Waals surface area (Å²) in [6, 6.07) is 10.8. The molecule has 1 aliphatic rings. The smallest absolute Gasteiger partial charge is 0.406 e. The molecule has 31 heavy (non-hydrogen) atoms. The number of amides is 3. The number of primary amides is 1. The van der Waals surface area contributed by atoms with Crippen molar-refractivity contribution in [1.82, 2.24) is 10.6 Å². The third-order valence-electron chi connectivity index (χ3n) is 5.04. The Morgan fingerprint density at radius 3 is 2.19 bits per heavy atom. The summed E-state index contributed by atoms with van der Waals surface area (Å²) in [4.78, 5) is 23.9. The molecule has 1 saturated heterocycles. The molecule has 5 N–H and O–H groups in total. The highest BCUT2D eigenvalue weighted by molar-refractivity contribution is 5.93. The number of carbonyl (C=O) groups excluding carboxylic acids is 2. The number of halogens is 3. The first-order chi connectivity index (χ1) is 14.7. The summed E-state index contributed by atoms with van der Waals surface area (Å²) in [6.45, 7) is 1.65. The van der Waals surface area contributed by atoms with Gasteiger partial charge in [-0.3, -0.25) is 4.79 Å². The van der Waals surface area contributed by atoms with E-state index in [0.717, 1.165) is 43.6 Å². The minimum atomic E-state index is -4.78. The maximum atomic E-state index is 12.6. The zero-order chi connectivity index (χ0) is 22.4. The second kappa shape index (κ2) is 9.69. The summed E-state index contributed by atoms with van der Waals surface area (Å²) in [5, 5.41) is 8.85. The number of piperidine rings is 1. The van der Waals surface area contributed by atoms with E-state index < -0.39 is 18.3 Å². The number of alkyl halides is 3. The van der Waals surface area contributed by atoms with Gasteiger partial charge in [-0.2, -0.15) is 0 Å². The first-order valence-electron chi connectivity index (χ1n) is 9.75. The van der Waals surface area contributed by atoms with E-state index in [2.05, 4.69) is 20.7 Å². The Bertz CT molecular complexity index is 896. The molecule has 1 aliphatic heterocycles. The average Bonchev–Trinajstić information content (AvgIpc) is 2.73. The van der Waals surface area contributed by atoms with Gasteiger partial charge in [-0.1, -0.05) is 12.1 Å². The molecule has 10 heteroatoms. The van der Waals surface area contributed by atoms with Crippen LogP contribution in [0, 0.1) is 5.92 Å². The van der Waals surface area contributed by atoms with Crippen LogP contribution in [0.5, 0.6) is 5.75 Å². The second-order valence-electron chi connectivity index (χ2n) is 7.22. The van der Waals surface area contributed by atoms with E-state index in [4.69, 9.17) is 5.73 Å². The molecule has 3 amide bonds. The zero-order valence-electron chi connectivity index (χ0n) is 16.5. The summed E-state index contributed by atoms with van der Waals surface area (Å²) in [5.41, 5.74) is 6.82. The van der Waals surface area contributed by atoms with Gasteiger partial charge in [0.1, 0.15) is 5.75 Å². The molecular formula is C21H23F3N4O3. The Hall–Kier alpha value is -3.27.